The van der Waals surface area contributed by atoms with Crippen LogP contribution in [0.15, 0.2) is 15.7 Å². The molecule has 116 valence electrons. The molecular weight excluding hydrogens is 272 g/mol. The van der Waals surface area contributed by atoms with Crippen LogP contribution in [0.3, 0.4) is 0 Å². The van der Waals surface area contributed by atoms with Crippen molar-refractivity contribution in [3.05, 3.63) is 17.5 Å². The Kier molecular flexibility index (Phi) is 4.50. The Bertz CT molecular complexity index is 530. The van der Waals surface area contributed by atoms with Gasteiger partial charge in [0.15, 0.2) is 5.84 Å². The second-order valence-electron chi connectivity index (χ2n) is 5.71. The molecule has 0 radical (unpaired) electrons. The fourth-order valence-corrected chi connectivity index (χ4v) is 2.87. The maximum absolute atomic E-state index is 12.3. The summed E-state index contributed by atoms with van der Waals surface area (Å²) in [6.07, 6.45) is 4.27. The number of carbonyl (C=O) groups excluding carboxylic acids is 1. The second-order valence-corrected chi connectivity index (χ2v) is 5.71. The van der Waals surface area contributed by atoms with E-state index >= 15 is 0 Å². The third-order valence-electron chi connectivity index (χ3n) is 4.34. The maximum atomic E-state index is 12.3. The predicted molar refractivity (Wildman–Crippen MR) is 77.1 cm³/mol. The van der Waals surface area contributed by atoms with Crippen molar-refractivity contribution in [2.75, 3.05) is 0 Å². The molecule has 2 rings (SSSR count). The molecule has 1 heterocycles. The van der Waals surface area contributed by atoms with Gasteiger partial charge in [0.2, 0.25) is 5.76 Å². The lowest BCUT2D eigenvalue weighted by Crippen LogP contribution is -2.59. The van der Waals surface area contributed by atoms with Crippen molar-refractivity contribution in [2.24, 2.45) is 16.8 Å². The number of nitrogens with one attached hydrogen (secondary N) is 1. The van der Waals surface area contributed by atoms with Gasteiger partial charge in [-0.1, -0.05) is 23.7 Å². The van der Waals surface area contributed by atoms with E-state index in [1.165, 1.54) is 0 Å². The highest BCUT2D eigenvalue weighted by Gasteiger charge is 2.41. The molecule has 0 unspecified atom stereocenters. The first-order valence-corrected chi connectivity index (χ1v) is 7.24. The molecular formula is C14H22N4O3. The fraction of sp³-hybridized carbons (Fsp3) is 0.643. The number of rotatable bonds is 4. The van der Waals surface area contributed by atoms with Crippen LogP contribution in [0.4, 0.5) is 0 Å². The summed E-state index contributed by atoms with van der Waals surface area (Å²) in [5, 5.41) is 18.7. The molecule has 0 aromatic carbocycles. The molecule has 1 aliphatic rings. The van der Waals surface area contributed by atoms with Crippen LogP contribution in [-0.4, -0.2) is 27.6 Å². The fourth-order valence-electron chi connectivity index (χ4n) is 2.87. The molecule has 0 saturated heterocycles. The Morgan fingerprint density at radius 3 is 2.76 bits per heavy atom. The molecule has 0 spiro atoms. The molecule has 1 aliphatic carbocycles. The van der Waals surface area contributed by atoms with Gasteiger partial charge in [-0.25, -0.2) is 0 Å². The minimum absolute atomic E-state index is 0.0432. The van der Waals surface area contributed by atoms with E-state index in [-0.39, 0.29) is 11.6 Å². The first-order valence-electron chi connectivity index (χ1n) is 7.24. The van der Waals surface area contributed by atoms with E-state index in [0.29, 0.717) is 24.5 Å². The summed E-state index contributed by atoms with van der Waals surface area (Å²) >= 11 is 0. The number of oxime groups is 1. The molecule has 1 aromatic rings. The lowest BCUT2D eigenvalue weighted by Gasteiger charge is -2.39. The summed E-state index contributed by atoms with van der Waals surface area (Å²) in [6.45, 7) is 3.89. The largest absolute Gasteiger partial charge is 0.409 e. The van der Waals surface area contributed by atoms with Crippen molar-refractivity contribution in [2.45, 2.75) is 51.5 Å². The van der Waals surface area contributed by atoms with E-state index in [4.69, 9.17) is 15.5 Å². The molecule has 1 saturated carbocycles. The van der Waals surface area contributed by atoms with Crippen molar-refractivity contribution in [1.82, 2.24) is 10.5 Å². The van der Waals surface area contributed by atoms with Gasteiger partial charge in [0.25, 0.3) is 5.91 Å². The molecule has 1 fully saturated rings. The Balaban J connectivity index is 2.16. The molecule has 0 atom stereocenters. The second kappa shape index (κ2) is 6.15. The number of hydrogen-bond acceptors (Lipinski definition) is 5. The average Bonchev–Trinajstić information content (AvgIpc) is 2.93. The third-order valence-corrected chi connectivity index (χ3v) is 4.34. The SMILES string of the molecule is CCC1CCC(NC(=O)c2cc(C)no2)(C(N)=NO)CC1. The van der Waals surface area contributed by atoms with Gasteiger partial charge in [-0.3, -0.25) is 4.79 Å². The van der Waals surface area contributed by atoms with Crippen molar-refractivity contribution < 1.29 is 14.5 Å². The first-order chi connectivity index (χ1) is 10.0. The summed E-state index contributed by atoms with van der Waals surface area (Å²) in [6, 6.07) is 1.56. The molecule has 7 heteroatoms. The van der Waals surface area contributed by atoms with Crippen LogP contribution >= 0.6 is 0 Å². The van der Waals surface area contributed by atoms with Gasteiger partial charge in [-0.2, -0.15) is 0 Å². The zero-order valence-electron chi connectivity index (χ0n) is 12.4. The van der Waals surface area contributed by atoms with E-state index in [1.54, 1.807) is 13.0 Å². The van der Waals surface area contributed by atoms with E-state index < -0.39 is 11.4 Å². The van der Waals surface area contributed by atoms with E-state index in [0.717, 1.165) is 19.3 Å². The van der Waals surface area contributed by atoms with Crippen molar-refractivity contribution in [1.29, 1.82) is 0 Å². The lowest BCUT2D eigenvalue weighted by atomic mass is 9.75. The first kappa shape index (κ1) is 15.3. The number of nitrogens with two attached hydrogens (primary N) is 1. The molecule has 21 heavy (non-hydrogen) atoms. The number of hydrogen-bond donors (Lipinski definition) is 3. The highest BCUT2D eigenvalue weighted by atomic mass is 16.5. The van der Waals surface area contributed by atoms with Crippen LogP contribution < -0.4 is 11.1 Å². The summed E-state index contributed by atoms with van der Waals surface area (Å²) in [7, 11) is 0. The normalized spacial score (nSPS) is 26.6. The monoisotopic (exact) mass is 294 g/mol. The number of amidine groups is 1. The summed E-state index contributed by atoms with van der Waals surface area (Å²) < 4.78 is 4.96. The van der Waals surface area contributed by atoms with E-state index in [1.807, 2.05) is 0 Å². The van der Waals surface area contributed by atoms with Crippen LogP contribution in [-0.2, 0) is 0 Å². The van der Waals surface area contributed by atoms with Gasteiger partial charge in [0, 0.05) is 6.07 Å². The number of aryl methyl sites for hydroxylation is 1. The van der Waals surface area contributed by atoms with Crippen LogP contribution in [0.1, 0.15) is 55.3 Å². The Morgan fingerprint density at radius 1 is 1.62 bits per heavy atom. The molecule has 0 bridgehead atoms. The minimum Gasteiger partial charge on any atom is -0.409 e. The van der Waals surface area contributed by atoms with Gasteiger partial charge in [0.05, 0.1) is 5.69 Å². The van der Waals surface area contributed by atoms with Gasteiger partial charge in [-0.15, -0.1) is 0 Å². The van der Waals surface area contributed by atoms with Gasteiger partial charge in [0.1, 0.15) is 5.54 Å². The summed E-state index contributed by atoms with van der Waals surface area (Å²) in [5.41, 5.74) is 5.66. The molecule has 1 amide bonds. The predicted octanol–water partition coefficient (Wildman–Crippen LogP) is 1.80. The van der Waals surface area contributed by atoms with Gasteiger partial charge in [-0.05, 0) is 38.5 Å². The topological polar surface area (TPSA) is 114 Å². The molecule has 4 N–H and O–H groups in total. The Morgan fingerprint density at radius 2 is 2.29 bits per heavy atom. The lowest BCUT2D eigenvalue weighted by molar-refractivity contribution is 0.0857. The van der Waals surface area contributed by atoms with E-state index in [2.05, 4.69) is 22.6 Å². The highest BCUT2D eigenvalue weighted by molar-refractivity contribution is 5.98. The van der Waals surface area contributed by atoms with Crippen LogP contribution in [0.25, 0.3) is 0 Å². The van der Waals surface area contributed by atoms with Crippen LogP contribution in [0.2, 0.25) is 0 Å². The van der Waals surface area contributed by atoms with Crippen LogP contribution in [0.5, 0.6) is 0 Å². The quantitative estimate of drug-likeness (QED) is 0.339. The van der Waals surface area contributed by atoms with Crippen molar-refractivity contribution >= 4 is 11.7 Å². The van der Waals surface area contributed by atoms with Gasteiger partial charge < -0.3 is 20.8 Å². The Labute approximate surface area is 123 Å². The van der Waals surface area contributed by atoms with E-state index in [9.17, 15) is 4.79 Å². The summed E-state index contributed by atoms with van der Waals surface area (Å²) in [5.74, 6) is 0.406. The number of carbonyl (C=O) groups is 1. The zero-order valence-corrected chi connectivity index (χ0v) is 12.4. The number of aromatic nitrogens is 1. The number of amides is 1. The highest BCUT2D eigenvalue weighted by Crippen LogP contribution is 2.34. The van der Waals surface area contributed by atoms with Crippen molar-refractivity contribution in [3.8, 4) is 0 Å². The van der Waals surface area contributed by atoms with Crippen LogP contribution in [0, 0.1) is 12.8 Å². The third kappa shape index (κ3) is 3.17. The number of nitrogens with zero attached hydrogens (tertiary/aromatic N) is 2. The Hall–Kier alpha value is -2.05. The minimum atomic E-state index is -0.807. The smallest absolute Gasteiger partial charge is 0.290 e. The molecule has 0 aliphatic heterocycles. The standard InChI is InChI=1S/C14H22N4O3/c1-3-10-4-6-14(7-5-10,13(15)17-20)16-12(19)11-8-9(2)18-21-11/h8,10,20H,3-7H2,1-2H3,(H2,15,17)(H,16,19). The van der Waals surface area contributed by atoms with Gasteiger partial charge >= 0.3 is 0 Å². The summed E-state index contributed by atoms with van der Waals surface area (Å²) in [4.78, 5) is 12.3. The zero-order chi connectivity index (χ0) is 15.5. The molecule has 1 aromatic heterocycles. The average molecular weight is 294 g/mol. The molecule has 7 nitrogen and oxygen atoms in total. The maximum Gasteiger partial charge on any atom is 0.290 e. The van der Waals surface area contributed by atoms with Crippen molar-refractivity contribution in [3.63, 3.8) is 0 Å².